The highest BCUT2D eigenvalue weighted by Crippen LogP contribution is 2.48. The lowest BCUT2D eigenvalue weighted by Crippen LogP contribution is -2.18. The highest BCUT2D eigenvalue weighted by molar-refractivity contribution is 5.99. The molecular weight excluding hydrogens is 435 g/mol. The van der Waals surface area contributed by atoms with E-state index in [0.29, 0.717) is 18.0 Å². The summed E-state index contributed by atoms with van der Waals surface area (Å²) < 4.78 is 59.2. The van der Waals surface area contributed by atoms with Gasteiger partial charge in [0, 0.05) is 23.1 Å². The van der Waals surface area contributed by atoms with Crippen molar-refractivity contribution in [2.45, 2.75) is 38.9 Å². The quantitative estimate of drug-likeness (QED) is 0.411. The Hall–Kier alpha value is -3.20. The Kier molecular flexibility index (Phi) is 7.53. The lowest BCUT2D eigenvalue weighted by atomic mass is 9.99. The zero-order chi connectivity index (χ0) is 24.2. The number of halogens is 3. The van der Waals surface area contributed by atoms with E-state index in [-0.39, 0.29) is 39.9 Å². The average molecular weight is 464 g/mol. The first-order chi connectivity index (χ1) is 15.7. The van der Waals surface area contributed by atoms with E-state index in [0.717, 1.165) is 12.8 Å². The molecule has 3 N–H and O–H groups in total. The van der Waals surface area contributed by atoms with Crippen LogP contribution in [0.2, 0.25) is 0 Å². The number of nitrogens with one attached hydrogen (secondary N) is 1. The minimum atomic E-state index is -4.68. The molecule has 0 aliphatic rings. The minimum Gasteiger partial charge on any atom is -0.496 e. The first kappa shape index (κ1) is 24.4. The van der Waals surface area contributed by atoms with Crippen molar-refractivity contribution in [3.05, 3.63) is 47.5 Å². The molecule has 1 atom stereocenters. The zero-order valence-electron chi connectivity index (χ0n) is 19.0. The van der Waals surface area contributed by atoms with E-state index in [2.05, 4.69) is 10.3 Å². The SMILES string of the molecule is COc1cc(NC(C)CCCN)c2nc(OC)c(Oc3ccccc3)c(C)c2c1C(F)(F)F. The third-order valence-corrected chi connectivity index (χ3v) is 5.29. The summed E-state index contributed by atoms with van der Waals surface area (Å²) in [5, 5.41) is 3.15. The topological polar surface area (TPSA) is 78.6 Å². The van der Waals surface area contributed by atoms with Gasteiger partial charge in [-0.25, -0.2) is 4.98 Å². The minimum absolute atomic E-state index is 0.0495. The first-order valence-corrected chi connectivity index (χ1v) is 10.6. The molecule has 0 aliphatic heterocycles. The summed E-state index contributed by atoms with van der Waals surface area (Å²) in [6.07, 6.45) is -3.17. The van der Waals surface area contributed by atoms with Crippen LogP contribution in [-0.2, 0) is 6.18 Å². The van der Waals surface area contributed by atoms with Crippen LogP contribution in [0.4, 0.5) is 18.9 Å². The molecule has 1 unspecified atom stereocenters. The number of benzene rings is 2. The Morgan fingerprint density at radius 2 is 1.82 bits per heavy atom. The monoisotopic (exact) mass is 463 g/mol. The molecule has 0 fully saturated rings. The molecule has 9 heteroatoms. The van der Waals surface area contributed by atoms with Crippen molar-refractivity contribution in [3.8, 4) is 23.1 Å². The molecule has 178 valence electrons. The number of aromatic nitrogens is 1. The Morgan fingerprint density at radius 3 is 2.39 bits per heavy atom. The van der Waals surface area contributed by atoms with Crippen molar-refractivity contribution in [1.82, 2.24) is 4.98 Å². The van der Waals surface area contributed by atoms with Crippen LogP contribution in [0.15, 0.2) is 36.4 Å². The number of methoxy groups -OCH3 is 2. The van der Waals surface area contributed by atoms with Crippen LogP contribution < -0.4 is 25.3 Å². The van der Waals surface area contributed by atoms with E-state index in [1.54, 1.807) is 31.2 Å². The third kappa shape index (κ3) is 5.24. The molecule has 0 amide bonds. The van der Waals surface area contributed by atoms with Gasteiger partial charge in [-0.05, 0) is 45.4 Å². The van der Waals surface area contributed by atoms with E-state index in [9.17, 15) is 13.2 Å². The van der Waals surface area contributed by atoms with Crippen LogP contribution in [0.5, 0.6) is 23.1 Å². The Bertz CT molecular complexity index is 1110. The van der Waals surface area contributed by atoms with Crippen molar-refractivity contribution in [3.63, 3.8) is 0 Å². The standard InChI is InChI=1S/C24H28F3N3O3/c1-14(9-8-12-28)29-17-13-18(31-3)20(24(25,26)27)19-15(2)22(23(32-4)30-21(17)19)33-16-10-6-5-7-11-16/h5-7,10-11,13-14,29H,8-9,12,28H2,1-4H3. The maximum Gasteiger partial charge on any atom is 0.420 e. The molecular formula is C24H28F3N3O3. The van der Waals surface area contributed by atoms with Crippen LogP contribution in [0.3, 0.4) is 0 Å². The zero-order valence-corrected chi connectivity index (χ0v) is 19.0. The number of aryl methyl sites for hydroxylation is 1. The molecule has 1 heterocycles. The van der Waals surface area contributed by atoms with Gasteiger partial charge in [0.1, 0.15) is 17.1 Å². The largest absolute Gasteiger partial charge is 0.496 e. The van der Waals surface area contributed by atoms with Crippen molar-refractivity contribution in [2.75, 3.05) is 26.1 Å². The molecule has 0 aliphatic carbocycles. The molecule has 0 bridgehead atoms. The van der Waals surface area contributed by atoms with E-state index in [1.807, 2.05) is 13.0 Å². The second-order valence-electron chi connectivity index (χ2n) is 7.69. The fourth-order valence-corrected chi connectivity index (χ4v) is 3.73. The van der Waals surface area contributed by atoms with Crippen molar-refractivity contribution >= 4 is 16.6 Å². The van der Waals surface area contributed by atoms with Gasteiger partial charge >= 0.3 is 6.18 Å². The number of pyridine rings is 1. The molecule has 3 aromatic rings. The van der Waals surface area contributed by atoms with Gasteiger partial charge in [0.05, 0.1) is 25.4 Å². The van der Waals surface area contributed by atoms with Crippen LogP contribution in [0.1, 0.15) is 30.9 Å². The Morgan fingerprint density at radius 1 is 1.12 bits per heavy atom. The molecule has 6 nitrogen and oxygen atoms in total. The Labute approximate surface area is 190 Å². The number of hydrogen-bond acceptors (Lipinski definition) is 6. The van der Waals surface area contributed by atoms with Gasteiger partial charge in [0.25, 0.3) is 5.88 Å². The maximum absolute atomic E-state index is 14.2. The van der Waals surface area contributed by atoms with E-state index in [1.165, 1.54) is 20.3 Å². The van der Waals surface area contributed by atoms with Crippen LogP contribution >= 0.6 is 0 Å². The van der Waals surface area contributed by atoms with Crippen LogP contribution in [0.25, 0.3) is 10.9 Å². The lowest BCUT2D eigenvalue weighted by molar-refractivity contribution is -0.137. The summed E-state index contributed by atoms with van der Waals surface area (Å²) >= 11 is 0. The number of rotatable bonds is 9. The summed E-state index contributed by atoms with van der Waals surface area (Å²) in [6.45, 7) is 4.01. The normalized spacial score (nSPS) is 12.5. The molecule has 3 rings (SSSR count). The van der Waals surface area contributed by atoms with Crippen molar-refractivity contribution in [2.24, 2.45) is 5.73 Å². The highest BCUT2D eigenvalue weighted by Gasteiger charge is 2.39. The summed E-state index contributed by atoms with van der Waals surface area (Å²) in [6, 6.07) is 10.0. The van der Waals surface area contributed by atoms with Gasteiger partial charge in [0.15, 0.2) is 5.75 Å². The average Bonchev–Trinajstić information content (AvgIpc) is 2.79. The van der Waals surface area contributed by atoms with Crippen molar-refractivity contribution in [1.29, 1.82) is 0 Å². The first-order valence-electron chi connectivity index (χ1n) is 10.6. The highest BCUT2D eigenvalue weighted by atomic mass is 19.4. The number of nitrogens with zero attached hydrogens (tertiary/aromatic N) is 1. The third-order valence-electron chi connectivity index (χ3n) is 5.29. The molecule has 0 spiro atoms. The Balaban J connectivity index is 2.31. The number of fused-ring (bicyclic) bond motifs is 1. The van der Waals surface area contributed by atoms with E-state index in [4.69, 9.17) is 19.9 Å². The number of alkyl halides is 3. The van der Waals surface area contributed by atoms with Gasteiger partial charge in [-0.3, -0.25) is 0 Å². The summed E-state index contributed by atoms with van der Waals surface area (Å²) in [5.74, 6) is 0.339. The van der Waals surface area contributed by atoms with E-state index < -0.39 is 11.7 Å². The molecule has 0 saturated heterocycles. The number of hydrogen-bond donors (Lipinski definition) is 2. The molecule has 0 saturated carbocycles. The lowest BCUT2D eigenvalue weighted by Gasteiger charge is -2.23. The predicted octanol–water partition coefficient (Wildman–Crippen LogP) is 5.91. The number of nitrogens with two attached hydrogens (primary N) is 1. The van der Waals surface area contributed by atoms with Crippen LogP contribution in [-0.4, -0.2) is 31.8 Å². The van der Waals surface area contributed by atoms with Gasteiger partial charge in [-0.2, -0.15) is 13.2 Å². The summed E-state index contributed by atoms with van der Waals surface area (Å²) in [4.78, 5) is 4.44. The second-order valence-corrected chi connectivity index (χ2v) is 7.69. The van der Waals surface area contributed by atoms with Crippen molar-refractivity contribution < 1.29 is 27.4 Å². The summed E-state index contributed by atoms with van der Waals surface area (Å²) in [5.41, 5.74) is 5.46. The molecule has 1 aromatic heterocycles. The van der Waals surface area contributed by atoms with Gasteiger partial charge in [0.2, 0.25) is 0 Å². The van der Waals surface area contributed by atoms with Crippen LogP contribution in [0, 0.1) is 6.92 Å². The molecule has 33 heavy (non-hydrogen) atoms. The molecule has 2 aromatic carbocycles. The number of para-hydroxylation sites is 1. The fraction of sp³-hybridized carbons (Fsp3) is 0.375. The predicted molar refractivity (Wildman–Crippen MR) is 122 cm³/mol. The molecule has 0 radical (unpaired) electrons. The summed E-state index contributed by atoms with van der Waals surface area (Å²) in [7, 11) is 2.61. The number of ether oxygens (including phenoxy) is 3. The second kappa shape index (κ2) is 10.2. The number of anilines is 1. The maximum atomic E-state index is 14.2. The van der Waals surface area contributed by atoms with E-state index >= 15 is 0 Å². The smallest absolute Gasteiger partial charge is 0.420 e. The fourth-order valence-electron chi connectivity index (χ4n) is 3.73. The van der Waals surface area contributed by atoms with Gasteiger partial charge in [-0.1, -0.05) is 18.2 Å². The van der Waals surface area contributed by atoms with Gasteiger partial charge < -0.3 is 25.3 Å². The van der Waals surface area contributed by atoms with Gasteiger partial charge in [-0.15, -0.1) is 0 Å².